The lowest BCUT2D eigenvalue weighted by Crippen LogP contribution is -2.55. The molecule has 4 rings (SSSR count). The first-order valence-corrected chi connectivity index (χ1v) is 8.82. The molecule has 26 heavy (non-hydrogen) atoms. The number of hydrogen-bond acceptors (Lipinski definition) is 5. The standard InChI is InChI=1S/C18H21N5O3/c24-15-12-26-17(18(25)20-8-10-22-9-2-7-21-22)16(23(15)14-4-5-14)13-3-1-6-19-11-13/h1-3,6-7,9,11,14,16-17H,4-5,8,10,12H2,(H,20,25)/t16-,17+/m1/s1. The van der Waals surface area contributed by atoms with E-state index in [-0.39, 0.29) is 24.5 Å². The van der Waals surface area contributed by atoms with Crippen LogP contribution in [0.25, 0.3) is 0 Å². The van der Waals surface area contributed by atoms with Gasteiger partial charge in [-0.1, -0.05) is 6.07 Å². The molecule has 1 N–H and O–H groups in total. The van der Waals surface area contributed by atoms with Crippen LogP contribution in [0.5, 0.6) is 0 Å². The molecule has 2 aliphatic rings. The summed E-state index contributed by atoms with van der Waals surface area (Å²) in [5.74, 6) is -0.286. The summed E-state index contributed by atoms with van der Waals surface area (Å²) in [6, 6.07) is 5.28. The molecule has 2 fully saturated rings. The lowest BCUT2D eigenvalue weighted by molar-refractivity contribution is -0.165. The summed E-state index contributed by atoms with van der Waals surface area (Å²) in [5, 5.41) is 7.02. The molecular formula is C18H21N5O3. The van der Waals surface area contributed by atoms with Crippen LogP contribution in [0.3, 0.4) is 0 Å². The molecule has 136 valence electrons. The number of carbonyl (C=O) groups is 2. The van der Waals surface area contributed by atoms with Crippen LogP contribution < -0.4 is 5.32 Å². The topological polar surface area (TPSA) is 89.3 Å². The van der Waals surface area contributed by atoms with Gasteiger partial charge in [0.05, 0.1) is 12.6 Å². The minimum atomic E-state index is -0.741. The van der Waals surface area contributed by atoms with Crippen molar-refractivity contribution in [1.29, 1.82) is 0 Å². The Labute approximate surface area is 151 Å². The second-order valence-corrected chi connectivity index (χ2v) is 6.56. The lowest BCUT2D eigenvalue weighted by atomic mass is 9.98. The molecule has 8 nitrogen and oxygen atoms in total. The Morgan fingerprint density at radius 1 is 1.31 bits per heavy atom. The largest absolute Gasteiger partial charge is 0.356 e. The number of ether oxygens (including phenoxy) is 1. The molecule has 0 unspecified atom stereocenters. The normalized spacial score (nSPS) is 23.1. The molecule has 0 aromatic carbocycles. The van der Waals surface area contributed by atoms with Crippen molar-refractivity contribution in [2.24, 2.45) is 0 Å². The Bertz CT molecular complexity index is 760. The van der Waals surface area contributed by atoms with Crippen LogP contribution in [0.2, 0.25) is 0 Å². The Morgan fingerprint density at radius 2 is 2.19 bits per heavy atom. The van der Waals surface area contributed by atoms with Crippen molar-refractivity contribution in [2.45, 2.75) is 37.6 Å². The molecule has 2 aromatic heterocycles. The van der Waals surface area contributed by atoms with E-state index in [1.54, 1.807) is 23.3 Å². The first kappa shape index (κ1) is 16.7. The van der Waals surface area contributed by atoms with Crippen LogP contribution >= 0.6 is 0 Å². The van der Waals surface area contributed by atoms with E-state index in [1.807, 2.05) is 29.3 Å². The third-order valence-corrected chi connectivity index (χ3v) is 4.68. The molecule has 3 heterocycles. The van der Waals surface area contributed by atoms with Crippen LogP contribution in [0, 0.1) is 0 Å². The number of nitrogens with zero attached hydrogens (tertiary/aromatic N) is 4. The van der Waals surface area contributed by atoms with Gasteiger partial charge in [-0.3, -0.25) is 19.3 Å². The van der Waals surface area contributed by atoms with Crippen LogP contribution in [-0.4, -0.2) is 56.8 Å². The van der Waals surface area contributed by atoms with Crippen LogP contribution in [0.1, 0.15) is 24.4 Å². The van der Waals surface area contributed by atoms with Gasteiger partial charge in [-0.15, -0.1) is 0 Å². The molecule has 0 radical (unpaired) electrons. The predicted molar refractivity (Wildman–Crippen MR) is 91.8 cm³/mol. The second kappa shape index (κ2) is 7.25. The van der Waals surface area contributed by atoms with Gasteiger partial charge >= 0.3 is 0 Å². The predicted octanol–water partition coefficient (Wildman–Crippen LogP) is 0.525. The van der Waals surface area contributed by atoms with Gasteiger partial charge in [0.25, 0.3) is 5.91 Å². The number of rotatable bonds is 6. The number of morpholine rings is 1. The van der Waals surface area contributed by atoms with Crippen molar-refractivity contribution in [2.75, 3.05) is 13.2 Å². The number of nitrogens with one attached hydrogen (secondary N) is 1. The fourth-order valence-electron chi connectivity index (χ4n) is 3.34. The molecule has 2 amide bonds. The van der Waals surface area contributed by atoms with Crippen molar-refractivity contribution in [3.8, 4) is 0 Å². The summed E-state index contributed by atoms with van der Waals surface area (Å²) in [5.41, 5.74) is 0.819. The number of pyridine rings is 1. The van der Waals surface area contributed by atoms with Gasteiger partial charge in [-0.25, -0.2) is 0 Å². The minimum Gasteiger partial charge on any atom is -0.356 e. The van der Waals surface area contributed by atoms with E-state index in [0.29, 0.717) is 13.1 Å². The highest BCUT2D eigenvalue weighted by Gasteiger charge is 2.47. The van der Waals surface area contributed by atoms with Gasteiger partial charge in [-0.2, -0.15) is 5.10 Å². The maximum Gasteiger partial charge on any atom is 0.251 e. The minimum absolute atomic E-state index is 0.0650. The van der Waals surface area contributed by atoms with Gasteiger partial charge in [0.15, 0.2) is 6.10 Å². The van der Waals surface area contributed by atoms with Crippen molar-refractivity contribution < 1.29 is 14.3 Å². The average Bonchev–Trinajstić information content (AvgIpc) is 3.37. The molecule has 0 spiro atoms. The highest BCUT2D eigenvalue weighted by atomic mass is 16.5. The zero-order valence-electron chi connectivity index (χ0n) is 14.3. The van der Waals surface area contributed by atoms with E-state index in [1.165, 1.54) is 0 Å². The number of carbonyl (C=O) groups excluding carboxylic acids is 2. The van der Waals surface area contributed by atoms with Gasteiger partial charge in [0, 0.05) is 37.4 Å². The molecule has 1 saturated heterocycles. The number of amides is 2. The average molecular weight is 355 g/mol. The molecule has 2 atom stereocenters. The fraction of sp³-hybridized carbons (Fsp3) is 0.444. The molecule has 1 aliphatic heterocycles. The molecule has 1 aliphatic carbocycles. The van der Waals surface area contributed by atoms with Gasteiger partial charge in [0.2, 0.25) is 5.91 Å². The zero-order chi connectivity index (χ0) is 17.9. The molecule has 0 bridgehead atoms. The molecule has 8 heteroatoms. The van der Waals surface area contributed by atoms with E-state index >= 15 is 0 Å². The first-order chi connectivity index (χ1) is 12.7. The molecule has 1 saturated carbocycles. The summed E-state index contributed by atoms with van der Waals surface area (Å²) >= 11 is 0. The Kier molecular flexibility index (Phi) is 4.66. The maximum atomic E-state index is 12.8. The quantitative estimate of drug-likeness (QED) is 0.816. The van der Waals surface area contributed by atoms with Crippen molar-refractivity contribution in [1.82, 2.24) is 25.0 Å². The van der Waals surface area contributed by atoms with Gasteiger partial charge in [0.1, 0.15) is 6.61 Å². The third-order valence-electron chi connectivity index (χ3n) is 4.68. The Balaban J connectivity index is 1.50. The van der Waals surface area contributed by atoms with Crippen LogP contribution in [0.15, 0.2) is 43.0 Å². The molecular weight excluding hydrogens is 334 g/mol. The van der Waals surface area contributed by atoms with Gasteiger partial charge in [-0.05, 0) is 30.5 Å². The highest BCUT2D eigenvalue weighted by molar-refractivity contribution is 5.86. The first-order valence-electron chi connectivity index (χ1n) is 8.82. The SMILES string of the molecule is O=C(NCCn1cccn1)[C@H]1OCC(=O)N(C2CC2)[C@@H]1c1cccnc1. The smallest absolute Gasteiger partial charge is 0.251 e. The maximum absolute atomic E-state index is 12.8. The van der Waals surface area contributed by atoms with Crippen LogP contribution in [0.4, 0.5) is 0 Å². The highest BCUT2D eigenvalue weighted by Crippen LogP contribution is 2.39. The summed E-state index contributed by atoms with van der Waals surface area (Å²) in [6.45, 7) is 0.955. The van der Waals surface area contributed by atoms with Crippen molar-refractivity contribution in [3.63, 3.8) is 0 Å². The van der Waals surface area contributed by atoms with E-state index in [0.717, 1.165) is 18.4 Å². The Morgan fingerprint density at radius 3 is 2.88 bits per heavy atom. The monoisotopic (exact) mass is 355 g/mol. The summed E-state index contributed by atoms with van der Waals surface area (Å²) in [4.78, 5) is 31.2. The fourth-order valence-corrected chi connectivity index (χ4v) is 3.34. The summed E-state index contributed by atoms with van der Waals surface area (Å²) in [6.07, 6.45) is 8.11. The van der Waals surface area contributed by atoms with E-state index in [9.17, 15) is 9.59 Å². The number of hydrogen-bond donors (Lipinski definition) is 1. The van der Waals surface area contributed by atoms with Crippen molar-refractivity contribution in [3.05, 3.63) is 48.5 Å². The van der Waals surface area contributed by atoms with Gasteiger partial charge < -0.3 is 15.0 Å². The van der Waals surface area contributed by atoms with E-state index < -0.39 is 12.1 Å². The van der Waals surface area contributed by atoms with Crippen LogP contribution in [-0.2, 0) is 20.9 Å². The second-order valence-electron chi connectivity index (χ2n) is 6.56. The number of aromatic nitrogens is 3. The van der Waals surface area contributed by atoms with E-state index in [2.05, 4.69) is 15.4 Å². The van der Waals surface area contributed by atoms with Crippen molar-refractivity contribution >= 4 is 11.8 Å². The Hall–Kier alpha value is -2.74. The third kappa shape index (κ3) is 3.45. The lowest BCUT2D eigenvalue weighted by Gasteiger charge is -2.40. The summed E-state index contributed by atoms with van der Waals surface area (Å²) < 4.78 is 7.41. The van der Waals surface area contributed by atoms with E-state index in [4.69, 9.17) is 4.74 Å². The zero-order valence-corrected chi connectivity index (χ0v) is 14.3. The molecule has 2 aromatic rings. The summed E-state index contributed by atoms with van der Waals surface area (Å²) in [7, 11) is 0.